The molecule has 1 saturated heterocycles. The Hall–Kier alpha value is -3.65. The first-order valence-corrected chi connectivity index (χ1v) is 12.7. The molecule has 0 spiro atoms. The number of hydrogen-bond donors (Lipinski definition) is 2. The van der Waals surface area contributed by atoms with Crippen molar-refractivity contribution in [3.05, 3.63) is 88.9 Å². The highest BCUT2D eigenvalue weighted by molar-refractivity contribution is 6.31. The normalized spacial score (nSPS) is 15.3. The molecule has 37 heavy (non-hydrogen) atoms. The molecule has 0 radical (unpaired) electrons. The summed E-state index contributed by atoms with van der Waals surface area (Å²) in [5.74, 6) is 0.0654. The first-order chi connectivity index (χ1) is 17.9. The highest BCUT2D eigenvalue weighted by Crippen LogP contribution is 2.33. The van der Waals surface area contributed by atoms with Crippen molar-refractivity contribution in [3.8, 4) is 5.88 Å². The van der Waals surface area contributed by atoms with Gasteiger partial charge in [-0.3, -0.25) is 9.69 Å². The van der Waals surface area contributed by atoms with Gasteiger partial charge < -0.3 is 19.9 Å². The summed E-state index contributed by atoms with van der Waals surface area (Å²) in [6.45, 7) is 4.10. The lowest BCUT2D eigenvalue weighted by Crippen LogP contribution is -2.48. The molecule has 2 N–H and O–H groups in total. The van der Waals surface area contributed by atoms with Crippen LogP contribution in [-0.4, -0.2) is 78.3 Å². The number of nitrogens with zero attached hydrogens (tertiary/aromatic N) is 4. The van der Waals surface area contributed by atoms with E-state index in [2.05, 4.69) is 21.8 Å². The third kappa shape index (κ3) is 5.54. The van der Waals surface area contributed by atoms with E-state index in [1.165, 1.54) is 0 Å². The second-order valence-electron chi connectivity index (χ2n) is 9.42. The van der Waals surface area contributed by atoms with Gasteiger partial charge in [0, 0.05) is 54.9 Å². The number of benzene rings is 3. The van der Waals surface area contributed by atoms with Crippen LogP contribution in [0.3, 0.4) is 0 Å². The van der Waals surface area contributed by atoms with Crippen LogP contribution in [0.2, 0.25) is 5.02 Å². The Kier molecular flexibility index (Phi) is 7.28. The van der Waals surface area contributed by atoms with Gasteiger partial charge >= 0.3 is 0 Å². The van der Waals surface area contributed by atoms with Crippen molar-refractivity contribution < 1.29 is 9.90 Å². The molecule has 5 rings (SSSR count). The number of aromatic hydroxyl groups is 1. The van der Waals surface area contributed by atoms with E-state index in [4.69, 9.17) is 16.6 Å². The molecule has 1 aliphatic heterocycles. The minimum Gasteiger partial charge on any atom is -0.494 e. The van der Waals surface area contributed by atoms with Crippen molar-refractivity contribution in [2.75, 3.05) is 51.7 Å². The van der Waals surface area contributed by atoms with Crippen molar-refractivity contribution >= 4 is 45.5 Å². The fraction of sp³-hybridized carbons (Fsp3) is 0.241. The Balaban J connectivity index is 1.49. The number of carbonyl (C=O) groups is 1. The van der Waals surface area contributed by atoms with Crippen LogP contribution in [0.25, 0.3) is 10.9 Å². The van der Waals surface area contributed by atoms with Crippen molar-refractivity contribution in [1.82, 2.24) is 14.8 Å². The molecule has 1 fully saturated rings. The van der Waals surface area contributed by atoms with Crippen LogP contribution in [0.1, 0.15) is 11.1 Å². The van der Waals surface area contributed by atoms with Crippen LogP contribution in [-0.2, 0) is 4.79 Å². The molecule has 8 heteroatoms. The van der Waals surface area contributed by atoms with Gasteiger partial charge in [-0.2, -0.15) is 0 Å². The van der Waals surface area contributed by atoms with Gasteiger partial charge in [0.2, 0.25) is 5.91 Å². The Morgan fingerprint density at radius 3 is 2.54 bits per heavy atom. The van der Waals surface area contributed by atoms with Gasteiger partial charge in [0.25, 0.3) is 0 Å². The van der Waals surface area contributed by atoms with E-state index in [9.17, 15) is 9.90 Å². The van der Waals surface area contributed by atoms with Gasteiger partial charge in [-0.15, -0.1) is 0 Å². The van der Waals surface area contributed by atoms with E-state index in [0.717, 1.165) is 48.3 Å². The number of likely N-dealkylation sites (N-methyl/N-ethyl adjacent to an activating group) is 2. The Bertz CT molecular complexity index is 1440. The van der Waals surface area contributed by atoms with Gasteiger partial charge in [-0.25, -0.2) is 4.99 Å². The summed E-state index contributed by atoms with van der Waals surface area (Å²) in [7, 11) is 3.90. The second-order valence-corrected chi connectivity index (χ2v) is 9.85. The molecule has 0 aliphatic carbocycles. The molecule has 190 valence electrons. The summed E-state index contributed by atoms with van der Waals surface area (Å²) in [5.41, 5.74) is 4.25. The number of aromatic nitrogens is 1. The summed E-state index contributed by atoms with van der Waals surface area (Å²) >= 11 is 6.18. The molecule has 0 saturated carbocycles. The predicted molar refractivity (Wildman–Crippen MR) is 151 cm³/mol. The summed E-state index contributed by atoms with van der Waals surface area (Å²) in [6, 6.07) is 22.8. The van der Waals surface area contributed by atoms with Crippen LogP contribution in [0.15, 0.2) is 77.8 Å². The Morgan fingerprint density at radius 1 is 1.03 bits per heavy atom. The lowest BCUT2D eigenvalue weighted by molar-refractivity contribution is -0.119. The molecule has 1 amide bonds. The highest BCUT2D eigenvalue weighted by atomic mass is 35.5. The number of aliphatic imine (C=N–C) groups is 1. The zero-order valence-electron chi connectivity index (χ0n) is 21.0. The number of nitrogens with one attached hydrogen (secondary N) is 1. The number of fused-ring (bicyclic) bond motifs is 1. The number of rotatable bonds is 6. The number of anilines is 1. The molecule has 4 aromatic rings. The molecule has 0 unspecified atom stereocenters. The maximum absolute atomic E-state index is 13.0. The SMILES string of the molecule is CN1CCN(CC(=O)N(C)c2cccc(N=C(c3ccccc3)c3c(O)[nH]c4cc(Cl)ccc34)c2)CC1. The van der Waals surface area contributed by atoms with E-state index in [-0.39, 0.29) is 11.8 Å². The molecule has 1 aromatic heterocycles. The molecule has 3 aromatic carbocycles. The van der Waals surface area contributed by atoms with Crippen molar-refractivity contribution in [2.45, 2.75) is 0 Å². The summed E-state index contributed by atoms with van der Waals surface area (Å²) in [5, 5.41) is 12.3. The second kappa shape index (κ2) is 10.8. The van der Waals surface area contributed by atoms with Gasteiger partial charge in [0.1, 0.15) is 0 Å². The lowest BCUT2D eigenvalue weighted by atomic mass is 10.0. The summed E-state index contributed by atoms with van der Waals surface area (Å²) in [6.07, 6.45) is 0. The monoisotopic (exact) mass is 515 g/mol. The van der Waals surface area contributed by atoms with Gasteiger partial charge in [0.15, 0.2) is 5.88 Å². The zero-order valence-corrected chi connectivity index (χ0v) is 21.7. The lowest BCUT2D eigenvalue weighted by Gasteiger charge is -2.32. The standard InChI is InChI=1S/C29H30ClN5O2/c1-33-13-15-35(16-14-33)19-26(36)34(2)23-10-6-9-22(18-23)31-28(20-7-4-3-5-8-20)27-24-12-11-21(30)17-25(24)32-29(27)37/h3-12,17-18,32,37H,13-16,19H2,1-2H3. The van der Waals surface area contributed by atoms with Gasteiger partial charge in [-0.1, -0.05) is 54.1 Å². The number of amides is 1. The van der Waals surface area contributed by atoms with Crippen LogP contribution in [0, 0.1) is 0 Å². The molecular weight excluding hydrogens is 486 g/mol. The maximum Gasteiger partial charge on any atom is 0.240 e. The number of aromatic amines is 1. The van der Waals surface area contributed by atoms with Crippen LogP contribution in [0.4, 0.5) is 11.4 Å². The number of hydrogen-bond acceptors (Lipinski definition) is 5. The topological polar surface area (TPSA) is 75.2 Å². The molecular formula is C29H30ClN5O2. The molecule has 2 heterocycles. The van der Waals surface area contributed by atoms with E-state index in [1.54, 1.807) is 24.1 Å². The number of piperazine rings is 1. The first-order valence-electron chi connectivity index (χ1n) is 12.3. The van der Waals surface area contributed by atoms with Crippen molar-refractivity contribution in [2.24, 2.45) is 4.99 Å². The third-order valence-corrected chi connectivity index (χ3v) is 7.05. The van der Waals surface area contributed by atoms with E-state index < -0.39 is 0 Å². The van der Waals surface area contributed by atoms with Crippen molar-refractivity contribution in [3.63, 3.8) is 0 Å². The van der Waals surface area contributed by atoms with Gasteiger partial charge in [-0.05, 0) is 37.4 Å². The van der Waals surface area contributed by atoms with Crippen LogP contribution < -0.4 is 4.90 Å². The van der Waals surface area contributed by atoms with Crippen LogP contribution >= 0.6 is 11.6 Å². The maximum atomic E-state index is 13.0. The van der Waals surface area contributed by atoms with Crippen molar-refractivity contribution in [1.29, 1.82) is 0 Å². The predicted octanol–water partition coefficient (Wildman–Crippen LogP) is 4.91. The first kappa shape index (κ1) is 25.0. The minimum atomic E-state index is 0.0236. The number of carbonyl (C=O) groups excluding carboxylic acids is 1. The number of halogens is 1. The Labute approximate surface area is 221 Å². The van der Waals surface area contributed by atoms with Crippen LogP contribution in [0.5, 0.6) is 5.88 Å². The summed E-state index contributed by atoms with van der Waals surface area (Å²) < 4.78 is 0. The molecule has 1 aliphatic rings. The third-order valence-electron chi connectivity index (χ3n) is 6.81. The quantitative estimate of drug-likeness (QED) is 0.358. The number of H-pyrrole nitrogens is 1. The summed E-state index contributed by atoms with van der Waals surface area (Å²) in [4.78, 5) is 27.2. The van der Waals surface area contributed by atoms with E-state index in [1.807, 2.05) is 60.7 Å². The smallest absolute Gasteiger partial charge is 0.240 e. The zero-order chi connectivity index (χ0) is 25.9. The molecule has 0 atom stereocenters. The van der Waals surface area contributed by atoms with E-state index in [0.29, 0.717) is 28.5 Å². The van der Waals surface area contributed by atoms with Gasteiger partial charge in [0.05, 0.1) is 29.0 Å². The fourth-order valence-electron chi connectivity index (χ4n) is 4.60. The molecule has 7 nitrogen and oxygen atoms in total. The average Bonchev–Trinajstić information content (AvgIpc) is 3.23. The average molecular weight is 516 g/mol. The Morgan fingerprint density at radius 2 is 1.78 bits per heavy atom. The minimum absolute atomic E-state index is 0.0236. The van der Waals surface area contributed by atoms with E-state index >= 15 is 0 Å². The fourth-order valence-corrected chi connectivity index (χ4v) is 4.78. The molecule has 0 bridgehead atoms. The highest BCUT2D eigenvalue weighted by Gasteiger charge is 2.21. The largest absolute Gasteiger partial charge is 0.494 e.